The predicted octanol–water partition coefficient (Wildman–Crippen LogP) is 9.96. The maximum Gasteiger partial charge on any atom is 0.274 e. The van der Waals surface area contributed by atoms with E-state index in [-0.39, 0.29) is 17.7 Å². The molecule has 0 atom stereocenters. The Morgan fingerprint density at radius 2 is 0.932 bits per heavy atom. The van der Waals surface area contributed by atoms with E-state index in [1.165, 1.54) is 4.70 Å². The highest BCUT2D eigenvalue weighted by atomic mass is 32.1. The van der Waals surface area contributed by atoms with Gasteiger partial charge in [-0.2, -0.15) is 0 Å². The number of fused-ring (bicyclic) bond motifs is 2. The van der Waals surface area contributed by atoms with Crippen molar-refractivity contribution in [2.24, 2.45) is 0 Å². The molecular formula is C67H64N16O4S. The number of nitrogens with two attached hydrogens (primary N) is 1. The lowest BCUT2D eigenvalue weighted by atomic mass is 10.1. The Balaban J connectivity index is 0.000000129. The van der Waals surface area contributed by atoms with Gasteiger partial charge in [0.25, 0.3) is 17.7 Å². The third-order valence-corrected chi connectivity index (χ3v) is 16.0. The molecule has 11 heterocycles. The molecule has 8 aromatic heterocycles. The van der Waals surface area contributed by atoms with Crippen molar-refractivity contribution in [1.29, 1.82) is 0 Å². The predicted molar refractivity (Wildman–Crippen MR) is 350 cm³/mol. The van der Waals surface area contributed by atoms with Gasteiger partial charge in [-0.1, -0.05) is 66.7 Å². The van der Waals surface area contributed by atoms with Crippen molar-refractivity contribution in [1.82, 2.24) is 45.9 Å². The van der Waals surface area contributed by atoms with Gasteiger partial charge >= 0.3 is 0 Å². The molecule has 3 fully saturated rings. The van der Waals surface area contributed by atoms with Gasteiger partial charge in [-0.15, -0.1) is 11.3 Å². The zero-order valence-corrected chi connectivity index (χ0v) is 48.9. The molecule has 0 aliphatic carbocycles. The molecule has 3 saturated heterocycles. The average Bonchev–Trinajstić information content (AvgIpc) is 3.82. The van der Waals surface area contributed by atoms with Crippen molar-refractivity contribution in [3.05, 3.63) is 211 Å². The van der Waals surface area contributed by atoms with Crippen molar-refractivity contribution in [3.63, 3.8) is 0 Å². The fourth-order valence-electron chi connectivity index (χ4n) is 10.7. The van der Waals surface area contributed by atoms with Crippen molar-refractivity contribution >= 4 is 89.9 Å². The van der Waals surface area contributed by atoms with Crippen LogP contribution in [0.3, 0.4) is 0 Å². The van der Waals surface area contributed by atoms with Crippen LogP contribution in [0.15, 0.2) is 199 Å². The minimum Gasteiger partial charge on any atom is -0.454 e. The maximum atomic E-state index is 13.0. The summed E-state index contributed by atoms with van der Waals surface area (Å²) in [7, 11) is 0. The van der Waals surface area contributed by atoms with E-state index in [0.717, 1.165) is 129 Å². The van der Waals surface area contributed by atoms with Crippen molar-refractivity contribution < 1.29 is 18.8 Å². The molecule has 0 unspecified atom stereocenters. The number of thiophene rings is 1. The molecule has 3 aromatic carbocycles. The Morgan fingerprint density at radius 3 is 1.45 bits per heavy atom. The normalized spacial score (nSPS) is 14.0. The third-order valence-electron chi connectivity index (χ3n) is 15.1. The molecule has 0 bridgehead atoms. The van der Waals surface area contributed by atoms with Gasteiger partial charge in [0, 0.05) is 135 Å². The Kier molecular flexibility index (Phi) is 18.3. The Hall–Kier alpha value is -10.5. The monoisotopic (exact) mass is 1190 g/mol. The number of hydrogen-bond donors (Lipinski definition) is 7. The highest BCUT2D eigenvalue weighted by molar-refractivity contribution is 7.17. The van der Waals surface area contributed by atoms with Crippen LogP contribution in [0.4, 0.5) is 39.8 Å². The number of benzene rings is 3. The molecule has 3 amide bonds. The van der Waals surface area contributed by atoms with Gasteiger partial charge in [0.15, 0.2) is 5.76 Å². The van der Waals surface area contributed by atoms with E-state index in [9.17, 15) is 14.4 Å². The quantitative estimate of drug-likeness (QED) is 0.0562. The van der Waals surface area contributed by atoms with Crippen LogP contribution in [0.5, 0.6) is 0 Å². The van der Waals surface area contributed by atoms with E-state index in [4.69, 9.17) is 10.2 Å². The average molecular weight is 1190 g/mol. The second kappa shape index (κ2) is 27.7. The Morgan fingerprint density at radius 1 is 0.477 bits per heavy atom. The number of nitrogens with one attached hydrogen (secondary N) is 6. The van der Waals surface area contributed by atoms with E-state index >= 15 is 0 Å². The number of para-hydroxylation sites is 1. The van der Waals surface area contributed by atoms with E-state index in [0.29, 0.717) is 57.0 Å². The van der Waals surface area contributed by atoms with Gasteiger partial charge in [0.1, 0.15) is 28.4 Å². The summed E-state index contributed by atoms with van der Waals surface area (Å²) in [5.41, 5.74) is 17.4. The summed E-state index contributed by atoms with van der Waals surface area (Å²) in [6, 6.07) is 47.5. The van der Waals surface area contributed by atoms with Gasteiger partial charge < -0.3 is 56.8 Å². The van der Waals surface area contributed by atoms with Gasteiger partial charge in [-0.05, 0) is 84.9 Å². The lowest BCUT2D eigenvalue weighted by Gasteiger charge is -2.30. The van der Waals surface area contributed by atoms with Crippen molar-refractivity contribution in [3.8, 4) is 34.0 Å². The largest absolute Gasteiger partial charge is 0.454 e. The molecule has 14 rings (SSSR count). The minimum absolute atomic E-state index is 0.235. The van der Waals surface area contributed by atoms with Crippen LogP contribution in [-0.2, 0) is 0 Å². The summed E-state index contributed by atoms with van der Waals surface area (Å²) in [6.07, 6.45) is 10.3. The second-order valence-electron chi connectivity index (χ2n) is 20.9. The third kappa shape index (κ3) is 13.9. The summed E-state index contributed by atoms with van der Waals surface area (Å²) in [5.74, 6) is -0.151. The number of furan rings is 1. The number of piperazine rings is 3. The molecule has 0 radical (unpaired) electrons. The Bertz CT molecular complexity index is 4190. The number of nitrogens with zero attached hydrogens (tertiary/aromatic N) is 9. The first-order valence-corrected chi connectivity index (χ1v) is 30.0. The van der Waals surface area contributed by atoms with E-state index in [1.807, 2.05) is 121 Å². The fraction of sp³-hybridized carbons (Fsp3) is 0.179. The molecule has 20 nitrogen and oxygen atoms in total. The first-order chi connectivity index (χ1) is 43.3. The minimum atomic E-state index is -0.280. The first kappa shape index (κ1) is 58.0. The van der Waals surface area contributed by atoms with Crippen molar-refractivity contribution in [2.75, 3.05) is 115 Å². The van der Waals surface area contributed by atoms with E-state index in [2.05, 4.69) is 94.0 Å². The van der Waals surface area contributed by atoms with Crippen LogP contribution in [0, 0.1) is 0 Å². The lowest BCUT2D eigenvalue weighted by Crippen LogP contribution is -2.43. The van der Waals surface area contributed by atoms with Crippen LogP contribution in [0.25, 0.3) is 55.0 Å². The first-order valence-electron chi connectivity index (χ1n) is 29.1. The van der Waals surface area contributed by atoms with Gasteiger partial charge in [0.05, 0.1) is 64.1 Å². The number of anilines is 7. The zero-order valence-electron chi connectivity index (χ0n) is 48.1. The van der Waals surface area contributed by atoms with Crippen LogP contribution >= 0.6 is 11.3 Å². The molecule has 21 heteroatoms. The summed E-state index contributed by atoms with van der Waals surface area (Å²) in [6.45, 7) is 10.8. The number of carbonyl (C=O) groups is 3. The van der Waals surface area contributed by atoms with E-state index < -0.39 is 0 Å². The van der Waals surface area contributed by atoms with Gasteiger partial charge in [0.2, 0.25) is 0 Å². The van der Waals surface area contributed by atoms with Crippen LogP contribution in [0.2, 0.25) is 0 Å². The van der Waals surface area contributed by atoms with Crippen LogP contribution < -0.4 is 52.3 Å². The number of aromatic nitrogens is 6. The molecule has 442 valence electrons. The molecule has 0 spiro atoms. The number of pyridine rings is 6. The smallest absolute Gasteiger partial charge is 0.274 e. The summed E-state index contributed by atoms with van der Waals surface area (Å²) >= 11 is 1.68. The number of nitrogen functional groups attached to an aromatic ring is 1. The van der Waals surface area contributed by atoms with Crippen molar-refractivity contribution in [2.45, 2.75) is 0 Å². The summed E-state index contributed by atoms with van der Waals surface area (Å²) < 4.78 is 7.10. The maximum absolute atomic E-state index is 13.0. The fourth-order valence-corrected chi connectivity index (χ4v) is 11.6. The number of rotatable bonds is 12. The lowest BCUT2D eigenvalue weighted by molar-refractivity contribution is 0.101. The number of carbonyl (C=O) groups excluding carboxylic acids is 3. The Labute approximate surface area is 512 Å². The molecule has 11 aromatic rings. The molecule has 3 aliphatic rings. The zero-order chi connectivity index (χ0) is 60.0. The SMILES string of the molecule is Nc1cccc(-c2cccc(C(=O)Nc3cnccc3N3CCNCC3)n2)c1.O=C(Nc1cnccc1N1CCNCC1)c1cccc(-c2cc3ccccc3o2)n1.O=C(Nc1cnccc1N1CCNCC1)c1cccc(-c2csc3ccccc23)n1. The highest BCUT2D eigenvalue weighted by Gasteiger charge is 2.22. The topological polar surface area (TPSA) is 250 Å². The van der Waals surface area contributed by atoms with Gasteiger partial charge in [-0.25, -0.2) is 15.0 Å². The summed E-state index contributed by atoms with van der Waals surface area (Å²) in [5, 5.41) is 23.2. The number of hydrogen-bond acceptors (Lipinski definition) is 18. The van der Waals surface area contributed by atoms with Gasteiger partial charge in [-0.3, -0.25) is 29.3 Å². The number of amides is 3. The molecular weight excluding hydrogens is 1120 g/mol. The summed E-state index contributed by atoms with van der Waals surface area (Å²) in [4.78, 5) is 71.8. The van der Waals surface area contributed by atoms with E-state index in [1.54, 1.807) is 66.7 Å². The van der Waals surface area contributed by atoms with Crippen LogP contribution in [0.1, 0.15) is 31.5 Å². The standard InChI is InChI=1S/C23H21N5O2.C23H21N5OS.C21H22N6O/c29-23(27-19-15-25-9-8-20(19)28-12-10-24-11-13-28)18-6-3-5-17(26-18)22-14-16-4-1-2-7-21(16)30-22;29-23(27-20-14-25-9-8-21(20)28-12-10-24-11-13-28)19-6-3-5-18(26-19)17-15-30-22-7-2-1-4-16(17)22;22-16-4-1-3-15(13-16)17-5-2-6-18(25-17)21(28)26-19-14-24-8-7-20(19)27-11-9-23-10-12-27/h2*1-9,14-15,24H,10-13H2,(H,27,29);1-8,13-14,23H,9-12,22H2,(H,26,28). The molecule has 0 saturated carbocycles. The highest BCUT2D eigenvalue weighted by Crippen LogP contribution is 2.34. The molecule has 88 heavy (non-hydrogen) atoms. The molecule has 8 N–H and O–H groups in total. The van der Waals surface area contributed by atoms with Crippen LogP contribution in [-0.4, -0.2) is 126 Å². The molecule has 3 aliphatic heterocycles. The second-order valence-corrected chi connectivity index (χ2v) is 21.8.